The van der Waals surface area contributed by atoms with E-state index in [4.69, 9.17) is 11.6 Å². The van der Waals surface area contributed by atoms with E-state index >= 15 is 4.39 Å². The van der Waals surface area contributed by atoms with Crippen molar-refractivity contribution < 1.29 is 35.1 Å². The van der Waals surface area contributed by atoms with Gasteiger partial charge in [0.15, 0.2) is 0 Å². The van der Waals surface area contributed by atoms with Crippen LogP contribution >= 0.6 is 22.2 Å². The van der Waals surface area contributed by atoms with E-state index in [1.807, 2.05) is 0 Å². The molecule has 2 unspecified atom stereocenters. The molecule has 2 aliphatic heterocycles. The molecule has 3 aromatic carbocycles. The van der Waals surface area contributed by atoms with E-state index in [1.165, 1.54) is 47.6 Å². The zero-order chi connectivity index (χ0) is 33.1. The first-order chi connectivity index (χ1) is 21.7. The van der Waals surface area contributed by atoms with Gasteiger partial charge in [-0.3, -0.25) is 13.9 Å². The third-order valence-electron chi connectivity index (χ3n) is 9.19. The summed E-state index contributed by atoms with van der Waals surface area (Å²) < 4.78 is 96.8. The quantitative estimate of drug-likeness (QED) is 0.241. The van der Waals surface area contributed by atoms with Gasteiger partial charge in [-0.1, -0.05) is 42.6 Å². The molecule has 15 heteroatoms. The molecule has 248 valence electrons. The van der Waals surface area contributed by atoms with E-state index in [1.54, 1.807) is 24.3 Å². The molecule has 1 spiro atoms. The number of piperidine rings is 1. The average Bonchev–Trinajstić information content (AvgIpc) is 3.01. The molecular weight excluding hydrogens is 677 g/mol. The zero-order valence-corrected chi connectivity index (χ0v) is 28.2. The summed E-state index contributed by atoms with van der Waals surface area (Å²) in [6.07, 6.45) is 1.12. The lowest BCUT2D eigenvalue weighted by Crippen LogP contribution is -2.46. The Bertz CT molecular complexity index is 1900. The Morgan fingerprint density at radius 3 is 2.28 bits per heavy atom. The van der Waals surface area contributed by atoms with Crippen LogP contribution in [0, 0.1) is 0 Å². The molecule has 10 nitrogen and oxygen atoms in total. The first-order valence-electron chi connectivity index (χ1n) is 14.9. The van der Waals surface area contributed by atoms with E-state index in [0.717, 1.165) is 0 Å². The maximum atomic E-state index is 16.0. The van der Waals surface area contributed by atoms with Gasteiger partial charge in [0.1, 0.15) is 11.1 Å². The van der Waals surface area contributed by atoms with Gasteiger partial charge in [0, 0.05) is 31.7 Å². The Kier molecular flexibility index (Phi) is 8.81. The third-order valence-corrected chi connectivity index (χ3v) is 15.0. The Morgan fingerprint density at radius 1 is 0.957 bits per heavy atom. The van der Waals surface area contributed by atoms with Crippen molar-refractivity contribution in [1.29, 1.82) is 0 Å². The standard InChI is InChI=1S/C31H35ClFN3O7S3/c1-20(37)34-21-9-11-23(12-10-21)46(42,43)36-16-13-22(14-17-36)35-45(40,41)29-19-28-25(18-26(29)32)31(15-5-4-8-30(31)33)24-6-2-3-7-27(24)44(28,38)39/h2-3,6-7,9-12,18-19,22,30,35,38-39H,4-5,8,13-17H2,1H3,(H,34,37). The summed E-state index contributed by atoms with van der Waals surface area (Å²) in [5.41, 5.74) is 0.0637. The average molecular weight is 712 g/mol. The highest BCUT2D eigenvalue weighted by Gasteiger charge is 2.53. The lowest BCUT2D eigenvalue weighted by Gasteiger charge is -2.51. The maximum Gasteiger partial charge on any atom is 0.243 e. The van der Waals surface area contributed by atoms with Crippen molar-refractivity contribution in [3.8, 4) is 0 Å². The normalized spacial score (nSPS) is 24.2. The second kappa shape index (κ2) is 12.2. The number of fused-ring (bicyclic) bond motifs is 4. The van der Waals surface area contributed by atoms with Crippen molar-refractivity contribution >= 4 is 53.8 Å². The van der Waals surface area contributed by atoms with Gasteiger partial charge in [0.05, 0.1) is 25.1 Å². The van der Waals surface area contributed by atoms with Crippen molar-refractivity contribution in [3.05, 3.63) is 76.8 Å². The number of nitrogens with zero attached hydrogens (tertiary/aromatic N) is 1. The summed E-state index contributed by atoms with van der Waals surface area (Å²) in [5.74, 6) is -0.281. The Hall–Kier alpha value is -2.56. The van der Waals surface area contributed by atoms with Crippen LogP contribution in [-0.2, 0) is 30.3 Å². The Labute approximate surface area is 274 Å². The summed E-state index contributed by atoms with van der Waals surface area (Å²) in [7, 11) is -11.9. The van der Waals surface area contributed by atoms with Crippen molar-refractivity contribution in [1.82, 2.24) is 9.03 Å². The number of carbonyl (C=O) groups excluding carboxylic acids is 1. The molecule has 2 atom stereocenters. The molecule has 0 bridgehead atoms. The minimum absolute atomic E-state index is 0.0493. The van der Waals surface area contributed by atoms with Gasteiger partial charge in [-0.05, 0) is 79.3 Å². The maximum absolute atomic E-state index is 16.0. The van der Waals surface area contributed by atoms with Crippen LogP contribution in [0.15, 0.2) is 80.2 Å². The van der Waals surface area contributed by atoms with Gasteiger partial charge in [-0.15, -0.1) is 10.6 Å². The Morgan fingerprint density at radius 2 is 1.63 bits per heavy atom. The van der Waals surface area contributed by atoms with Crippen molar-refractivity contribution in [2.75, 3.05) is 18.4 Å². The SMILES string of the molecule is CC(=O)Nc1ccc(S(=O)(=O)N2CCC(NS(=O)(=O)c3cc4c(cc3Cl)C3(CCCCC3F)c3ccccc3S4(O)O)CC2)cc1. The van der Waals surface area contributed by atoms with Gasteiger partial charge in [-0.2, -0.15) is 4.31 Å². The first-order valence-corrected chi connectivity index (χ1v) is 19.8. The number of alkyl halides is 1. The van der Waals surface area contributed by atoms with Crippen LogP contribution in [0.25, 0.3) is 0 Å². The fourth-order valence-electron chi connectivity index (χ4n) is 6.97. The number of anilines is 1. The van der Waals surface area contributed by atoms with Crippen LogP contribution in [0.2, 0.25) is 5.02 Å². The first kappa shape index (κ1) is 33.3. The predicted molar refractivity (Wildman–Crippen MR) is 174 cm³/mol. The molecule has 0 radical (unpaired) electrons. The third kappa shape index (κ3) is 5.66. The van der Waals surface area contributed by atoms with Crippen molar-refractivity contribution in [3.63, 3.8) is 0 Å². The molecule has 1 aliphatic carbocycles. The molecule has 1 saturated heterocycles. The smallest absolute Gasteiger partial charge is 0.243 e. The van der Waals surface area contributed by atoms with Crippen LogP contribution in [-0.4, -0.2) is 61.5 Å². The second-order valence-corrected chi connectivity index (χ2v) is 18.0. The molecule has 3 aromatic rings. The molecule has 1 amide bonds. The molecule has 6 rings (SSSR count). The van der Waals surface area contributed by atoms with Crippen LogP contribution < -0.4 is 10.0 Å². The summed E-state index contributed by atoms with van der Waals surface area (Å²) in [4.78, 5) is 11.1. The summed E-state index contributed by atoms with van der Waals surface area (Å²) >= 11 is 6.62. The number of amides is 1. The molecule has 2 heterocycles. The molecule has 2 fully saturated rings. The monoisotopic (exact) mass is 711 g/mol. The van der Waals surface area contributed by atoms with Crippen molar-refractivity contribution in [2.24, 2.45) is 0 Å². The van der Waals surface area contributed by atoms with Crippen LogP contribution in [0.3, 0.4) is 0 Å². The molecular formula is C31H35ClFN3O7S3. The van der Waals surface area contributed by atoms with Crippen LogP contribution in [0.5, 0.6) is 0 Å². The van der Waals surface area contributed by atoms with Crippen LogP contribution in [0.4, 0.5) is 10.1 Å². The number of benzene rings is 3. The zero-order valence-electron chi connectivity index (χ0n) is 24.9. The second-order valence-electron chi connectivity index (χ2n) is 12.0. The highest BCUT2D eigenvalue weighted by Crippen LogP contribution is 2.68. The lowest BCUT2D eigenvalue weighted by atomic mass is 9.64. The molecule has 46 heavy (non-hydrogen) atoms. The number of nitrogens with one attached hydrogen (secondary N) is 2. The number of rotatable bonds is 6. The number of halogens is 2. The van der Waals surface area contributed by atoms with Crippen molar-refractivity contribution in [2.45, 2.75) is 82.7 Å². The summed E-state index contributed by atoms with van der Waals surface area (Å²) in [6, 6.07) is 14.3. The lowest BCUT2D eigenvalue weighted by molar-refractivity contribution is -0.114. The number of carbonyl (C=O) groups is 1. The molecule has 4 N–H and O–H groups in total. The number of hydrogen-bond donors (Lipinski definition) is 4. The minimum Gasteiger partial charge on any atom is -0.326 e. The van der Waals surface area contributed by atoms with Gasteiger partial charge < -0.3 is 5.32 Å². The van der Waals surface area contributed by atoms with Gasteiger partial charge in [0.25, 0.3) is 0 Å². The predicted octanol–water partition coefficient (Wildman–Crippen LogP) is 6.11. The topological polar surface area (TPSA) is 153 Å². The fourth-order valence-corrected chi connectivity index (χ4v) is 12.3. The number of sulfonamides is 2. The highest BCUT2D eigenvalue weighted by molar-refractivity contribution is 8.24. The Balaban J connectivity index is 1.25. The van der Waals surface area contributed by atoms with Gasteiger partial charge in [-0.25, -0.2) is 25.9 Å². The molecule has 0 aromatic heterocycles. The summed E-state index contributed by atoms with van der Waals surface area (Å²) in [5, 5.41) is 2.42. The largest absolute Gasteiger partial charge is 0.326 e. The van der Waals surface area contributed by atoms with Gasteiger partial charge >= 0.3 is 0 Å². The van der Waals surface area contributed by atoms with E-state index in [-0.39, 0.29) is 62.9 Å². The van der Waals surface area contributed by atoms with E-state index in [9.17, 15) is 30.7 Å². The van der Waals surface area contributed by atoms with E-state index in [0.29, 0.717) is 36.1 Å². The van der Waals surface area contributed by atoms with Crippen LogP contribution in [0.1, 0.15) is 56.6 Å². The van der Waals surface area contributed by atoms with E-state index < -0.39 is 48.3 Å². The van der Waals surface area contributed by atoms with E-state index in [2.05, 4.69) is 10.0 Å². The molecule has 3 aliphatic rings. The minimum atomic E-state index is -4.31. The summed E-state index contributed by atoms with van der Waals surface area (Å²) in [6.45, 7) is 1.46. The number of hydrogen-bond acceptors (Lipinski definition) is 7. The molecule has 1 saturated carbocycles. The van der Waals surface area contributed by atoms with Gasteiger partial charge in [0.2, 0.25) is 26.0 Å². The fraction of sp³-hybridized carbons (Fsp3) is 0.387. The highest BCUT2D eigenvalue weighted by atomic mass is 35.5.